The molecule has 0 atom stereocenters. The molecule has 1 aromatic heterocycles. The normalized spacial score (nSPS) is 17.4. The second kappa shape index (κ2) is 5.66. The molecule has 1 aromatic rings. The zero-order chi connectivity index (χ0) is 11.4. The van der Waals surface area contributed by atoms with Crippen molar-refractivity contribution in [2.24, 2.45) is 11.8 Å². The van der Waals surface area contributed by atoms with Gasteiger partial charge in [-0.25, -0.2) is 4.68 Å². The average molecular weight is 240 g/mol. The van der Waals surface area contributed by atoms with E-state index in [4.69, 9.17) is 0 Å². The molecular formula is C11H20N4S. The first-order valence-corrected chi connectivity index (χ1v) is 7.13. The van der Waals surface area contributed by atoms with Gasteiger partial charge in [0.05, 0.1) is 0 Å². The van der Waals surface area contributed by atoms with Crippen LogP contribution in [-0.2, 0) is 6.54 Å². The summed E-state index contributed by atoms with van der Waals surface area (Å²) in [6, 6.07) is 0. The summed E-state index contributed by atoms with van der Waals surface area (Å²) >= 11 is 1.82. The highest BCUT2D eigenvalue weighted by Gasteiger charge is 2.17. The molecule has 1 heterocycles. The van der Waals surface area contributed by atoms with E-state index >= 15 is 0 Å². The van der Waals surface area contributed by atoms with E-state index in [0.29, 0.717) is 5.92 Å². The van der Waals surface area contributed by atoms with Crippen molar-refractivity contribution >= 4 is 11.8 Å². The summed E-state index contributed by atoms with van der Waals surface area (Å²) in [5.74, 6) is 2.65. The predicted molar refractivity (Wildman–Crippen MR) is 65.3 cm³/mol. The largest absolute Gasteiger partial charge is 0.220 e. The quantitative estimate of drug-likeness (QED) is 0.742. The molecule has 90 valence electrons. The molecule has 1 saturated carbocycles. The molecule has 0 radical (unpaired) electrons. The lowest BCUT2D eigenvalue weighted by molar-refractivity contribution is 0.445. The van der Waals surface area contributed by atoms with Crippen molar-refractivity contribution in [1.29, 1.82) is 0 Å². The van der Waals surface area contributed by atoms with Crippen LogP contribution in [0.5, 0.6) is 0 Å². The van der Waals surface area contributed by atoms with Gasteiger partial charge in [-0.05, 0) is 35.1 Å². The number of tetrazole rings is 1. The molecule has 0 aromatic carbocycles. The topological polar surface area (TPSA) is 43.6 Å². The smallest absolute Gasteiger partial charge is 0.209 e. The average Bonchev–Trinajstić information content (AvgIpc) is 2.84. The van der Waals surface area contributed by atoms with Gasteiger partial charge >= 0.3 is 0 Å². The van der Waals surface area contributed by atoms with E-state index in [1.807, 2.05) is 16.4 Å². The Morgan fingerprint density at radius 3 is 2.81 bits per heavy atom. The van der Waals surface area contributed by atoms with Crippen molar-refractivity contribution in [2.45, 2.75) is 51.2 Å². The van der Waals surface area contributed by atoms with E-state index in [1.54, 1.807) is 0 Å². The lowest BCUT2D eigenvalue weighted by Crippen LogP contribution is -2.08. The van der Waals surface area contributed by atoms with Gasteiger partial charge in [-0.15, -0.1) is 5.10 Å². The minimum Gasteiger partial charge on any atom is -0.220 e. The number of rotatable bonds is 5. The molecule has 0 bridgehead atoms. The van der Waals surface area contributed by atoms with Crippen molar-refractivity contribution in [3.63, 3.8) is 0 Å². The summed E-state index contributed by atoms with van der Waals surface area (Å²) in [5, 5.41) is 12.9. The van der Waals surface area contributed by atoms with Gasteiger partial charge in [-0.3, -0.25) is 0 Å². The fraction of sp³-hybridized carbons (Fsp3) is 0.909. The van der Waals surface area contributed by atoms with E-state index in [1.165, 1.54) is 31.4 Å². The van der Waals surface area contributed by atoms with Crippen LogP contribution in [0.2, 0.25) is 0 Å². The zero-order valence-corrected chi connectivity index (χ0v) is 10.9. The van der Waals surface area contributed by atoms with Gasteiger partial charge < -0.3 is 0 Å². The number of aromatic nitrogens is 4. The van der Waals surface area contributed by atoms with Gasteiger partial charge in [0, 0.05) is 12.3 Å². The molecule has 0 amide bonds. The van der Waals surface area contributed by atoms with E-state index in [0.717, 1.165) is 17.6 Å². The fourth-order valence-electron chi connectivity index (χ4n) is 2.13. The third-order valence-corrected chi connectivity index (χ3v) is 4.15. The second-order valence-corrected chi connectivity index (χ2v) is 5.99. The van der Waals surface area contributed by atoms with Crippen LogP contribution in [0.3, 0.4) is 0 Å². The van der Waals surface area contributed by atoms with Crippen molar-refractivity contribution in [1.82, 2.24) is 20.2 Å². The Kier molecular flexibility index (Phi) is 4.21. The van der Waals surface area contributed by atoms with Crippen LogP contribution >= 0.6 is 11.8 Å². The van der Waals surface area contributed by atoms with Crippen LogP contribution in [0.25, 0.3) is 0 Å². The minimum atomic E-state index is 0.592. The summed E-state index contributed by atoms with van der Waals surface area (Å²) in [6.45, 7) is 5.29. The maximum absolute atomic E-state index is 4.10. The zero-order valence-electron chi connectivity index (χ0n) is 10.1. The highest BCUT2D eigenvalue weighted by atomic mass is 32.2. The van der Waals surface area contributed by atoms with Crippen LogP contribution in [0.15, 0.2) is 5.16 Å². The molecule has 5 heteroatoms. The molecular weight excluding hydrogens is 220 g/mol. The third-order valence-electron chi connectivity index (χ3n) is 2.96. The first kappa shape index (κ1) is 11.9. The van der Waals surface area contributed by atoms with Gasteiger partial charge in [0.1, 0.15) is 0 Å². The van der Waals surface area contributed by atoms with Gasteiger partial charge in [-0.1, -0.05) is 38.5 Å². The number of hydrogen-bond acceptors (Lipinski definition) is 4. The Labute approximate surface area is 101 Å². The first-order valence-electron chi connectivity index (χ1n) is 6.14. The number of hydrogen-bond donors (Lipinski definition) is 0. The van der Waals surface area contributed by atoms with E-state index in [2.05, 4.69) is 29.4 Å². The summed E-state index contributed by atoms with van der Waals surface area (Å²) in [7, 11) is 0. The predicted octanol–water partition coefficient (Wildman–Crippen LogP) is 2.61. The number of thioether (sulfide) groups is 1. The molecule has 4 nitrogen and oxygen atoms in total. The monoisotopic (exact) mass is 240 g/mol. The van der Waals surface area contributed by atoms with Crippen molar-refractivity contribution in [3.05, 3.63) is 0 Å². The van der Waals surface area contributed by atoms with Crippen LogP contribution in [0, 0.1) is 11.8 Å². The Morgan fingerprint density at radius 2 is 2.12 bits per heavy atom. The molecule has 16 heavy (non-hydrogen) atoms. The molecule has 2 rings (SSSR count). The lowest BCUT2D eigenvalue weighted by atomic mass is 10.1. The summed E-state index contributed by atoms with van der Waals surface area (Å²) in [5.41, 5.74) is 0. The van der Waals surface area contributed by atoms with Crippen LogP contribution in [0.4, 0.5) is 0 Å². The standard InChI is InChI=1S/C11H20N4S/c1-9(2)7-15-11(12-13-14-15)16-8-10-5-3-4-6-10/h9-10H,3-8H2,1-2H3. The van der Waals surface area contributed by atoms with E-state index in [9.17, 15) is 0 Å². The maximum atomic E-state index is 4.10. The summed E-state index contributed by atoms with van der Waals surface area (Å²) in [6.07, 6.45) is 5.59. The maximum Gasteiger partial charge on any atom is 0.209 e. The Morgan fingerprint density at radius 1 is 1.38 bits per heavy atom. The molecule has 1 fully saturated rings. The fourth-order valence-corrected chi connectivity index (χ4v) is 3.20. The van der Waals surface area contributed by atoms with Crippen LogP contribution in [0.1, 0.15) is 39.5 Å². The number of nitrogens with zero attached hydrogens (tertiary/aromatic N) is 4. The van der Waals surface area contributed by atoms with Crippen molar-refractivity contribution in [3.8, 4) is 0 Å². The SMILES string of the molecule is CC(C)Cn1nnnc1SCC1CCCC1. The van der Waals surface area contributed by atoms with Crippen molar-refractivity contribution < 1.29 is 0 Å². The molecule has 0 aliphatic heterocycles. The van der Waals surface area contributed by atoms with Crippen molar-refractivity contribution in [2.75, 3.05) is 5.75 Å². The highest BCUT2D eigenvalue weighted by molar-refractivity contribution is 7.99. The summed E-state index contributed by atoms with van der Waals surface area (Å²) in [4.78, 5) is 0. The van der Waals surface area contributed by atoms with Crippen LogP contribution < -0.4 is 0 Å². The Balaban J connectivity index is 1.85. The van der Waals surface area contributed by atoms with E-state index < -0.39 is 0 Å². The second-order valence-electron chi connectivity index (χ2n) is 5.00. The minimum absolute atomic E-state index is 0.592. The molecule has 1 aliphatic carbocycles. The molecule has 0 N–H and O–H groups in total. The van der Waals surface area contributed by atoms with Gasteiger partial charge in [0.2, 0.25) is 5.16 Å². The third kappa shape index (κ3) is 3.20. The molecule has 0 unspecified atom stereocenters. The Bertz CT molecular complexity index is 318. The Hall–Kier alpha value is -0.580. The molecule has 1 aliphatic rings. The van der Waals surface area contributed by atoms with Gasteiger partial charge in [0.25, 0.3) is 0 Å². The molecule has 0 spiro atoms. The summed E-state index contributed by atoms with van der Waals surface area (Å²) < 4.78 is 1.93. The first-order chi connectivity index (χ1) is 7.75. The lowest BCUT2D eigenvalue weighted by Gasteiger charge is -2.09. The van der Waals surface area contributed by atoms with Gasteiger partial charge in [0.15, 0.2) is 0 Å². The molecule has 0 saturated heterocycles. The van der Waals surface area contributed by atoms with Crippen LogP contribution in [-0.4, -0.2) is 26.0 Å². The van der Waals surface area contributed by atoms with Gasteiger partial charge in [-0.2, -0.15) is 0 Å². The highest BCUT2D eigenvalue weighted by Crippen LogP contribution is 2.30. The van der Waals surface area contributed by atoms with E-state index in [-0.39, 0.29) is 0 Å².